The van der Waals surface area contributed by atoms with Gasteiger partial charge < -0.3 is 10.2 Å². The van der Waals surface area contributed by atoms with Crippen LogP contribution in [0.4, 0.5) is 5.69 Å². The van der Waals surface area contributed by atoms with E-state index in [1.54, 1.807) is 47.4 Å². The molecule has 170 valence electrons. The lowest BCUT2D eigenvalue weighted by molar-refractivity contribution is 0.0694. The molecule has 1 saturated heterocycles. The number of nitrogens with one attached hydrogen (secondary N) is 1. The van der Waals surface area contributed by atoms with Crippen LogP contribution in [0.5, 0.6) is 0 Å². The van der Waals surface area contributed by atoms with Crippen LogP contribution < -0.4 is 5.32 Å². The molecule has 2 aliphatic rings. The number of hydrogen-bond acceptors (Lipinski definition) is 6. The van der Waals surface area contributed by atoms with Gasteiger partial charge in [-0.15, -0.1) is 4.40 Å². The van der Waals surface area contributed by atoms with E-state index in [1.807, 2.05) is 6.92 Å². The molecule has 1 unspecified atom stereocenters. The zero-order valence-electron chi connectivity index (χ0n) is 17.7. The van der Waals surface area contributed by atoms with Crippen LogP contribution in [-0.4, -0.2) is 57.6 Å². The molecular formula is C22H25N3O5S2. The van der Waals surface area contributed by atoms with Gasteiger partial charge in [-0.05, 0) is 49.2 Å². The number of rotatable bonds is 6. The minimum atomic E-state index is -3.72. The van der Waals surface area contributed by atoms with Crippen molar-refractivity contribution >= 4 is 37.3 Å². The lowest BCUT2D eigenvalue weighted by Crippen LogP contribution is -2.41. The summed E-state index contributed by atoms with van der Waals surface area (Å²) in [5, 5.41) is 3.01. The number of hydrogen-bond donors (Lipinski definition) is 1. The third-order valence-electron chi connectivity index (χ3n) is 5.69. The largest absolute Gasteiger partial charge is 0.339 e. The fourth-order valence-electron chi connectivity index (χ4n) is 3.99. The summed E-state index contributed by atoms with van der Waals surface area (Å²) >= 11 is 0. The summed E-state index contributed by atoms with van der Waals surface area (Å²) < 4.78 is 52.1. The third-order valence-corrected chi connectivity index (χ3v) is 8.77. The molecule has 1 amide bonds. The first-order valence-electron chi connectivity index (χ1n) is 10.5. The molecular weight excluding hydrogens is 450 g/mol. The van der Waals surface area contributed by atoms with E-state index >= 15 is 0 Å². The molecule has 8 nitrogen and oxygen atoms in total. The fraction of sp³-hybridized carbons (Fsp3) is 0.364. The normalized spacial score (nSPS) is 20.4. The molecule has 0 saturated carbocycles. The number of amidine groups is 1. The summed E-state index contributed by atoms with van der Waals surface area (Å²) in [6.07, 6.45) is 2.17. The average Bonchev–Trinajstić information content (AvgIpc) is 3.25. The van der Waals surface area contributed by atoms with Gasteiger partial charge in [-0.25, -0.2) is 8.42 Å². The Kier molecular flexibility index (Phi) is 6.09. The maximum Gasteiger partial charge on any atom is 0.285 e. The van der Waals surface area contributed by atoms with Gasteiger partial charge in [0.15, 0.2) is 15.7 Å². The number of anilines is 1. The zero-order valence-corrected chi connectivity index (χ0v) is 19.3. The van der Waals surface area contributed by atoms with Crippen molar-refractivity contribution in [3.05, 3.63) is 59.7 Å². The number of carbonyl (C=O) groups excluding carboxylic acids is 1. The highest BCUT2D eigenvalue weighted by Crippen LogP contribution is 2.27. The molecule has 2 heterocycles. The number of benzene rings is 2. The van der Waals surface area contributed by atoms with E-state index in [2.05, 4.69) is 9.71 Å². The predicted octanol–water partition coefficient (Wildman–Crippen LogP) is 2.68. The third kappa shape index (κ3) is 4.56. The van der Waals surface area contributed by atoms with Crippen LogP contribution in [-0.2, 0) is 19.9 Å². The van der Waals surface area contributed by atoms with Crippen molar-refractivity contribution in [2.75, 3.05) is 23.4 Å². The first kappa shape index (κ1) is 22.5. The molecule has 2 aromatic rings. The minimum absolute atomic E-state index is 0.00972. The highest BCUT2D eigenvalue weighted by atomic mass is 32.2. The summed E-state index contributed by atoms with van der Waals surface area (Å²) in [5.74, 6) is 0.164. The first-order valence-corrected chi connectivity index (χ1v) is 13.8. The number of nitrogens with zero attached hydrogens (tertiary/aromatic N) is 2. The summed E-state index contributed by atoms with van der Waals surface area (Å²) in [4.78, 5) is 15.0. The molecule has 2 aliphatic heterocycles. The molecule has 0 aromatic heterocycles. The van der Waals surface area contributed by atoms with Crippen molar-refractivity contribution in [1.29, 1.82) is 0 Å². The summed E-state index contributed by atoms with van der Waals surface area (Å²) in [6.45, 7) is 2.54. The molecule has 0 bridgehead atoms. The Balaban J connectivity index is 1.52. The highest BCUT2D eigenvalue weighted by molar-refractivity contribution is 7.91. The molecule has 0 radical (unpaired) electrons. The summed E-state index contributed by atoms with van der Waals surface area (Å²) in [7, 11) is -6.82. The van der Waals surface area contributed by atoms with Gasteiger partial charge in [0.25, 0.3) is 15.9 Å². The quantitative estimate of drug-likeness (QED) is 0.687. The SMILES string of the molecule is CCCCN(C(=O)c1ccc(NC2=NS(=O)(=O)c3ccccc32)cc1)C1CCS(=O)(=O)C1. The molecule has 1 fully saturated rings. The lowest BCUT2D eigenvalue weighted by Gasteiger charge is -2.28. The van der Waals surface area contributed by atoms with Crippen molar-refractivity contribution in [3.8, 4) is 0 Å². The second kappa shape index (κ2) is 8.67. The Bertz CT molecular complexity index is 1270. The summed E-state index contributed by atoms with van der Waals surface area (Å²) in [5.41, 5.74) is 1.55. The van der Waals surface area contributed by atoms with E-state index in [4.69, 9.17) is 0 Å². The molecule has 2 aromatic carbocycles. The van der Waals surface area contributed by atoms with Crippen LogP contribution in [0.2, 0.25) is 0 Å². The topological polar surface area (TPSA) is 113 Å². The highest BCUT2D eigenvalue weighted by Gasteiger charge is 2.34. The van der Waals surface area contributed by atoms with Crippen LogP contribution in [0.25, 0.3) is 0 Å². The monoisotopic (exact) mass is 475 g/mol. The fourth-order valence-corrected chi connectivity index (χ4v) is 6.90. The van der Waals surface area contributed by atoms with Gasteiger partial charge in [-0.1, -0.05) is 25.5 Å². The zero-order chi connectivity index (χ0) is 22.9. The lowest BCUT2D eigenvalue weighted by atomic mass is 10.1. The molecule has 4 rings (SSSR count). The van der Waals surface area contributed by atoms with E-state index in [-0.39, 0.29) is 34.2 Å². The molecule has 1 atom stereocenters. The van der Waals surface area contributed by atoms with Crippen LogP contribution in [0.3, 0.4) is 0 Å². The number of fused-ring (bicyclic) bond motifs is 1. The van der Waals surface area contributed by atoms with Crippen LogP contribution in [0.1, 0.15) is 42.1 Å². The van der Waals surface area contributed by atoms with E-state index in [9.17, 15) is 21.6 Å². The maximum absolute atomic E-state index is 13.2. The molecule has 10 heteroatoms. The van der Waals surface area contributed by atoms with Crippen molar-refractivity contribution < 1.29 is 21.6 Å². The smallest absolute Gasteiger partial charge is 0.285 e. The minimum Gasteiger partial charge on any atom is -0.339 e. The van der Waals surface area contributed by atoms with Crippen LogP contribution in [0, 0.1) is 0 Å². The van der Waals surface area contributed by atoms with Gasteiger partial charge in [0, 0.05) is 29.4 Å². The Hall–Kier alpha value is -2.72. The van der Waals surface area contributed by atoms with Gasteiger partial charge in [-0.3, -0.25) is 4.79 Å². The maximum atomic E-state index is 13.2. The Labute approximate surface area is 188 Å². The van der Waals surface area contributed by atoms with Gasteiger partial charge in [0.1, 0.15) is 4.90 Å². The summed E-state index contributed by atoms with van der Waals surface area (Å²) in [6, 6.07) is 13.0. The Morgan fingerprint density at radius 2 is 1.81 bits per heavy atom. The van der Waals surface area contributed by atoms with Gasteiger partial charge in [-0.2, -0.15) is 8.42 Å². The number of sulfone groups is 1. The molecule has 1 N–H and O–H groups in total. The van der Waals surface area contributed by atoms with Crippen LogP contribution >= 0.6 is 0 Å². The van der Waals surface area contributed by atoms with Crippen molar-refractivity contribution in [3.63, 3.8) is 0 Å². The van der Waals surface area contributed by atoms with E-state index < -0.39 is 19.9 Å². The number of amides is 1. The van der Waals surface area contributed by atoms with Gasteiger partial charge in [0.05, 0.1) is 11.5 Å². The van der Waals surface area contributed by atoms with Crippen LogP contribution in [0.15, 0.2) is 57.8 Å². The van der Waals surface area contributed by atoms with Gasteiger partial charge in [0.2, 0.25) is 0 Å². The predicted molar refractivity (Wildman–Crippen MR) is 123 cm³/mol. The molecule has 0 aliphatic carbocycles. The molecule has 32 heavy (non-hydrogen) atoms. The number of sulfonamides is 1. The second-order valence-corrected chi connectivity index (χ2v) is 11.8. The van der Waals surface area contributed by atoms with E-state index in [1.165, 1.54) is 6.07 Å². The van der Waals surface area contributed by atoms with E-state index in [0.717, 1.165) is 12.8 Å². The Morgan fingerprint density at radius 1 is 1.09 bits per heavy atom. The Morgan fingerprint density at radius 3 is 2.47 bits per heavy atom. The molecule has 0 spiro atoms. The number of unbranched alkanes of at least 4 members (excludes halogenated alkanes) is 1. The number of carbonyl (C=O) groups is 1. The van der Waals surface area contributed by atoms with Gasteiger partial charge >= 0.3 is 0 Å². The average molecular weight is 476 g/mol. The van der Waals surface area contributed by atoms with Crippen molar-refractivity contribution in [2.24, 2.45) is 4.40 Å². The van der Waals surface area contributed by atoms with E-state index in [0.29, 0.717) is 29.8 Å². The van der Waals surface area contributed by atoms with Crippen molar-refractivity contribution in [1.82, 2.24) is 4.90 Å². The standard InChI is InChI=1S/C22H25N3O5S2/c1-2-3-13-25(18-12-14-31(27,28)15-18)22(26)16-8-10-17(11-9-16)23-21-19-6-4-5-7-20(19)32(29,30)24-21/h4-11,18H,2-3,12-15H2,1H3,(H,23,24). The second-order valence-electron chi connectivity index (χ2n) is 8.02. The van der Waals surface area contributed by atoms with Crippen molar-refractivity contribution in [2.45, 2.75) is 37.1 Å². The first-order chi connectivity index (χ1) is 15.2.